The third kappa shape index (κ3) is 2.90. The molecule has 0 unspecified atom stereocenters. The van der Waals surface area contributed by atoms with Crippen molar-refractivity contribution in [1.82, 2.24) is 14.8 Å². The first-order valence-corrected chi connectivity index (χ1v) is 7.24. The lowest BCUT2D eigenvalue weighted by Crippen LogP contribution is -2.14. The molecular formula is C15H19FN4O. The van der Waals surface area contributed by atoms with Crippen molar-refractivity contribution in [1.29, 1.82) is 0 Å². The van der Waals surface area contributed by atoms with Gasteiger partial charge in [-0.05, 0) is 37.5 Å². The molecule has 6 heteroatoms. The standard InChI is InChI=1S/C15H19FN4O/c1-10(17)11-5-6-13(12(16)8-11)21-9-15-19-18-14-4-2-3-7-20(14)15/h5-6,8,10H,2-4,7,9,17H2,1H3/t10-/m0/s1. The second-order valence-corrected chi connectivity index (χ2v) is 5.41. The zero-order chi connectivity index (χ0) is 14.8. The molecule has 0 aliphatic carbocycles. The molecule has 0 spiro atoms. The Bertz CT molecular complexity index is 639. The zero-order valence-electron chi connectivity index (χ0n) is 12.1. The van der Waals surface area contributed by atoms with Crippen LogP contribution in [0.3, 0.4) is 0 Å². The smallest absolute Gasteiger partial charge is 0.171 e. The van der Waals surface area contributed by atoms with Crippen molar-refractivity contribution >= 4 is 0 Å². The van der Waals surface area contributed by atoms with Gasteiger partial charge >= 0.3 is 0 Å². The number of hydrogen-bond acceptors (Lipinski definition) is 4. The van der Waals surface area contributed by atoms with E-state index in [9.17, 15) is 4.39 Å². The molecule has 1 aliphatic rings. The summed E-state index contributed by atoms with van der Waals surface area (Å²) >= 11 is 0. The Morgan fingerprint density at radius 2 is 2.24 bits per heavy atom. The molecule has 1 aliphatic heterocycles. The van der Waals surface area contributed by atoms with E-state index >= 15 is 0 Å². The lowest BCUT2D eigenvalue weighted by Gasteiger charge is -2.15. The average molecular weight is 290 g/mol. The normalized spacial score (nSPS) is 15.6. The maximum atomic E-state index is 14.0. The molecule has 21 heavy (non-hydrogen) atoms. The molecule has 0 amide bonds. The van der Waals surface area contributed by atoms with Gasteiger partial charge in [0.1, 0.15) is 12.4 Å². The highest BCUT2D eigenvalue weighted by molar-refractivity contribution is 5.30. The van der Waals surface area contributed by atoms with Crippen LogP contribution in [-0.2, 0) is 19.6 Å². The lowest BCUT2D eigenvalue weighted by molar-refractivity contribution is 0.272. The van der Waals surface area contributed by atoms with Gasteiger partial charge in [-0.1, -0.05) is 6.07 Å². The molecule has 0 saturated heterocycles. The monoisotopic (exact) mass is 290 g/mol. The van der Waals surface area contributed by atoms with Crippen LogP contribution in [0.5, 0.6) is 5.75 Å². The summed E-state index contributed by atoms with van der Waals surface area (Å²) in [5.41, 5.74) is 6.48. The van der Waals surface area contributed by atoms with E-state index in [4.69, 9.17) is 10.5 Å². The second kappa shape index (κ2) is 5.81. The van der Waals surface area contributed by atoms with E-state index in [2.05, 4.69) is 14.8 Å². The Kier molecular flexibility index (Phi) is 3.88. The number of hydrogen-bond donors (Lipinski definition) is 1. The third-order valence-corrected chi connectivity index (χ3v) is 3.77. The van der Waals surface area contributed by atoms with Crippen molar-refractivity contribution < 1.29 is 9.13 Å². The van der Waals surface area contributed by atoms with E-state index in [1.807, 2.05) is 6.92 Å². The van der Waals surface area contributed by atoms with Crippen molar-refractivity contribution in [2.75, 3.05) is 0 Å². The van der Waals surface area contributed by atoms with Gasteiger partial charge in [-0.3, -0.25) is 0 Å². The Morgan fingerprint density at radius 3 is 3.00 bits per heavy atom. The van der Waals surface area contributed by atoms with Crippen LogP contribution in [0.2, 0.25) is 0 Å². The number of ether oxygens (including phenoxy) is 1. The van der Waals surface area contributed by atoms with Crippen LogP contribution in [-0.4, -0.2) is 14.8 Å². The molecule has 2 aromatic rings. The summed E-state index contributed by atoms with van der Waals surface area (Å²) in [6.07, 6.45) is 3.21. The van der Waals surface area contributed by atoms with Crippen LogP contribution in [0.25, 0.3) is 0 Å². The predicted molar refractivity (Wildman–Crippen MR) is 76.3 cm³/mol. The summed E-state index contributed by atoms with van der Waals surface area (Å²) in [4.78, 5) is 0. The number of rotatable bonds is 4. The van der Waals surface area contributed by atoms with Crippen molar-refractivity contribution in [2.45, 2.75) is 45.4 Å². The quantitative estimate of drug-likeness (QED) is 0.938. The van der Waals surface area contributed by atoms with Crippen LogP contribution in [0.15, 0.2) is 18.2 Å². The van der Waals surface area contributed by atoms with Gasteiger partial charge in [0.25, 0.3) is 0 Å². The minimum atomic E-state index is -0.400. The fourth-order valence-electron chi connectivity index (χ4n) is 2.53. The van der Waals surface area contributed by atoms with Crippen LogP contribution in [0.4, 0.5) is 4.39 Å². The molecule has 2 heterocycles. The topological polar surface area (TPSA) is 66.0 Å². The highest BCUT2D eigenvalue weighted by Gasteiger charge is 2.16. The zero-order valence-corrected chi connectivity index (χ0v) is 12.1. The number of fused-ring (bicyclic) bond motifs is 1. The van der Waals surface area contributed by atoms with Crippen LogP contribution < -0.4 is 10.5 Å². The van der Waals surface area contributed by atoms with Gasteiger partial charge in [-0.25, -0.2) is 4.39 Å². The van der Waals surface area contributed by atoms with Crippen molar-refractivity contribution in [3.63, 3.8) is 0 Å². The minimum absolute atomic E-state index is 0.197. The van der Waals surface area contributed by atoms with Gasteiger partial charge in [-0.15, -0.1) is 10.2 Å². The van der Waals surface area contributed by atoms with Crippen molar-refractivity contribution in [3.8, 4) is 5.75 Å². The molecule has 0 saturated carbocycles. The van der Waals surface area contributed by atoms with E-state index in [0.717, 1.165) is 43.0 Å². The molecule has 1 atom stereocenters. The summed E-state index contributed by atoms with van der Waals surface area (Å²) in [5, 5.41) is 8.29. The molecule has 1 aromatic carbocycles. The first-order valence-electron chi connectivity index (χ1n) is 7.24. The van der Waals surface area contributed by atoms with E-state index in [-0.39, 0.29) is 18.4 Å². The van der Waals surface area contributed by atoms with Crippen molar-refractivity contribution in [3.05, 3.63) is 41.2 Å². The van der Waals surface area contributed by atoms with Crippen LogP contribution in [0.1, 0.15) is 43.0 Å². The second-order valence-electron chi connectivity index (χ2n) is 5.41. The molecule has 0 radical (unpaired) electrons. The highest BCUT2D eigenvalue weighted by atomic mass is 19.1. The SMILES string of the molecule is C[C@H](N)c1ccc(OCc2nnc3n2CCCC3)c(F)c1. The fraction of sp³-hybridized carbons (Fsp3) is 0.467. The maximum Gasteiger partial charge on any atom is 0.171 e. The summed E-state index contributed by atoms with van der Waals surface area (Å²) in [6, 6.07) is 4.61. The lowest BCUT2D eigenvalue weighted by atomic mass is 10.1. The summed E-state index contributed by atoms with van der Waals surface area (Å²) in [7, 11) is 0. The largest absolute Gasteiger partial charge is 0.483 e. The molecule has 3 rings (SSSR count). The molecule has 1 aromatic heterocycles. The highest BCUT2D eigenvalue weighted by Crippen LogP contribution is 2.22. The molecule has 0 fully saturated rings. The first kappa shape index (κ1) is 14.0. The summed E-state index contributed by atoms with van der Waals surface area (Å²) in [5.74, 6) is 1.56. The molecule has 0 bridgehead atoms. The minimum Gasteiger partial charge on any atom is -0.483 e. The van der Waals surface area contributed by atoms with Gasteiger partial charge < -0.3 is 15.0 Å². The van der Waals surface area contributed by atoms with Gasteiger partial charge in [0.2, 0.25) is 0 Å². The van der Waals surface area contributed by atoms with E-state index in [1.54, 1.807) is 12.1 Å². The van der Waals surface area contributed by atoms with Gasteiger partial charge in [0.15, 0.2) is 17.4 Å². The number of nitrogens with two attached hydrogens (primary N) is 1. The van der Waals surface area contributed by atoms with Gasteiger partial charge in [0, 0.05) is 19.0 Å². The Hall–Kier alpha value is -1.95. The Balaban J connectivity index is 1.72. The average Bonchev–Trinajstić information content (AvgIpc) is 2.89. The molecular weight excluding hydrogens is 271 g/mol. The number of benzene rings is 1. The van der Waals surface area contributed by atoms with E-state index in [1.165, 1.54) is 6.07 Å². The predicted octanol–water partition coefficient (Wildman–Crippen LogP) is 2.35. The number of halogens is 1. The molecule has 5 nitrogen and oxygen atoms in total. The summed E-state index contributed by atoms with van der Waals surface area (Å²) in [6.45, 7) is 2.95. The summed E-state index contributed by atoms with van der Waals surface area (Å²) < 4.78 is 21.6. The maximum absolute atomic E-state index is 14.0. The number of nitrogens with zero attached hydrogens (tertiary/aromatic N) is 3. The van der Waals surface area contributed by atoms with Crippen molar-refractivity contribution in [2.24, 2.45) is 5.73 Å². The number of aryl methyl sites for hydroxylation is 1. The van der Waals surface area contributed by atoms with E-state index < -0.39 is 5.82 Å². The Labute approximate surface area is 122 Å². The third-order valence-electron chi connectivity index (χ3n) is 3.77. The van der Waals surface area contributed by atoms with Gasteiger partial charge in [-0.2, -0.15) is 0 Å². The first-order chi connectivity index (χ1) is 10.1. The van der Waals surface area contributed by atoms with Crippen LogP contribution >= 0.6 is 0 Å². The van der Waals surface area contributed by atoms with Gasteiger partial charge in [0.05, 0.1) is 0 Å². The Morgan fingerprint density at radius 1 is 1.38 bits per heavy atom. The number of aromatic nitrogens is 3. The van der Waals surface area contributed by atoms with E-state index in [0.29, 0.717) is 0 Å². The van der Waals surface area contributed by atoms with Crippen LogP contribution in [0, 0.1) is 5.82 Å². The fourth-order valence-corrected chi connectivity index (χ4v) is 2.53. The molecule has 112 valence electrons. The molecule has 2 N–H and O–H groups in total.